The lowest BCUT2D eigenvalue weighted by Crippen LogP contribution is -2.14. The van der Waals surface area contributed by atoms with E-state index in [0.29, 0.717) is 21.5 Å². The predicted molar refractivity (Wildman–Crippen MR) is 81.9 cm³/mol. The Kier molecular flexibility index (Phi) is 5.24. The number of nitrogens with zero attached hydrogens (tertiary/aromatic N) is 3. The third-order valence-electron chi connectivity index (χ3n) is 2.45. The molecule has 0 spiro atoms. The number of rotatable bonds is 5. The average molecular weight is 325 g/mol. The van der Waals surface area contributed by atoms with Crippen LogP contribution in [0.4, 0.5) is 10.8 Å². The van der Waals surface area contributed by atoms with Crippen molar-refractivity contribution in [2.24, 2.45) is 10.2 Å². The Bertz CT molecular complexity index is 642. The predicted octanol–water partition coefficient (Wildman–Crippen LogP) is 3.77. The van der Waals surface area contributed by atoms with E-state index in [0.717, 1.165) is 0 Å². The third kappa shape index (κ3) is 4.24. The first-order chi connectivity index (χ1) is 10.1. The fraction of sp³-hybridized carbons (Fsp3) is 0.231. The van der Waals surface area contributed by atoms with Crippen molar-refractivity contribution in [3.63, 3.8) is 0 Å². The van der Waals surface area contributed by atoms with Crippen molar-refractivity contribution in [3.8, 4) is 0 Å². The van der Waals surface area contributed by atoms with Gasteiger partial charge in [0.05, 0.1) is 18.0 Å². The Hall–Kier alpha value is -1.99. The monoisotopic (exact) mass is 324 g/mol. The van der Waals surface area contributed by atoms with E-state index in [1.165, 1.54) is 11.3 Å². The zero-order valence-corrected chi connectivity index (χ0v) is 12.8. The second-order valence-electron chi connectivity index (χ2n) is 3.96. The van der Waals surface area contributed by atoms with Crippen molar-refractivity contribution in [2.75, 3.05) is 12.3 Å². The Morgan fingerprint density at radius 1 is 1.48 bits per heavy atom. The number of halogens is 1. The molecule has 1 aromatic heterocycles. The Labute approximate surface area is 130 Å². The van der Waals surface area contributed by atoms with Gasteiger partial charge in [-0.3, -0.25) is 0 Å². The van der Waals surface area contributed by atoms with E-state index in [1.807, 2.05) is 0 Å². The molecule has 1 unspecified atom stereocenters. The minimum absolute atomic E-state index is 0.255. The number of thiazole rings is 1. The minimum Gasteiger partial charge on any atom is -0.464 e. The third-order valence-corrected chi connectivity index (χ3v) is 3.39. The van der Waals surface area contributed by atoms with Gasteiger partial charge in [0.1, 0.15) is 0 Å². The van der Waals surface area contributed by atoms with Gasteiger partial charge in [0.2, 0.25) is 6.04 Å². The summed E-state index contributed by atoms with van der Waals surface area (Å²) in [4.78, 5) is 16.0. The van der Waals surface area contributed by atoms with E-state index in [9.17, 15) is 4.79 Å². The highest BCUT2D eigenvalue weighted by Gasteiger charge is 2.24. The highest BCUT2D eigenvalue weighted by molar-refractivity contribution is 7.13. The largest absolute Gasteiger partial charge is 0.464 e. The maximum absolute atomic E-state index is 12.0. The summed E-state index contributed by atoms with van der Waals surface area (Å²) in [5.41, 5.74) is 6.59. The summed E-state index contributed by atoms with van der Waals surface area (Å²) in [5.74, 6) is -0.513. The summed E-state index contributed by atoms with van der Waals surface area (Å²) in [7, 11) is 0. The van der Waals surface area contributed by atoms with Gasteiger partial charge in [0.25, 0.3) is 0 Å². The summed E-state index contributed by atoms with van der Waals surface area (Å²) in [6.07, 6.45) is 0. The molecule has 0 aliphatic heterocycles. The normalized spacial score (nSPS) is 12.5. The number of azo groups is 1. The molecule has 0 amide bonds. The lowest BCUT2D eigenvalue weighted by Gasteiger charge is -2.07. The number of esters is 1. The van der Waals surface area contributed by atoms with Crippen LogP contribution in [0, 0.1) is 0 Å². The van der Waals surface area contributed by atoms with Crippen molar-refractivity contribution < 1.29 is 9.53 Å². The average Bonchev–Trinajstić information content (AvgIpc) is 2.88. The van der Waals surface area contributed by atoms with Gasteiger partial charge >= 0.3 is 5.97 Å². The van der Waals surface area contributed by atoms with Crippen LogP contribution in [0.1, 0.15) is 18.7 Å². The highest BCUT2D eigenvalue weighted by atomic mass is 35.5. The van der Waals surface area contributed by atoms with E-state index < -0.39 is 12.0 Å². The number of benzene rings is 1. The van der Waals surface area contributed by atoms with Crippen molar-refractivity contribution in [1.29, 1.82) is 0 Å². The number of carbonyl (C=O) groups excluding carboxylic acids is 1. The molecule has 0 aliphatic rings. The highest BCUT2D eigenvalue weighted by Crippen LogP contribution is 2.25. The molecule has 0 saturated carbocycles. The Morgan fingerprint density at radius 3 is 2.76 bits per heavy atom. The van der Waals surface area contributed by atoms with Crippen LogP contribution in [0.15, 0.2) is 39.9 Å². The molecule has 2 aromatic rings. The van der Waals surface area contributed by atoms with Crippen molar-refractivity contribution in [2.45, 2.75) is 13.0 Å². The fourth-order valence-corrected chi connectivity index (χ4v) is 2.21. The fourth-order valence-electron chi connectivity index (χ4n) is 1.51. The number of anilines is 1. The maximum Gasteiger partial charge on any atom is 0.339 e. The number of ether oxygens (including phenoxy) is 1. The van der Waals surface area contributed by atoms with Crippen LogP contribution in [0.3, 0.4) is 0 Å². The molecule has 0 saturated heterocycles. The number of hydrogen-bond donors (Lipinski definition) is 1. The second kappa shape index (κ2) is 7.14. The zero-order chi connectivity index (χ0) is 15.2. The van der Waals surface area contributed by atoms with E-state index in [1.54, 1.807) is 36.6 Å². The van der Waals surface area contributed by atoms with Crippen LogP contribution in [-0.2, 0) is 9.53 Å². The van der Waals surface area contributed by atoms with Crippen LogP contribution < -0.4 is 5.73 Å². The van der Waals surface area contributed by atoms with Gasteiger partial charge in [-0.25, -0.2) is 9.78 Å². The Morgan fingerprint density at radius 2 is 2.19 bits per heavy atom. The number of hydrogen-bond acceptors (Lipinski definition) is 7. The summed E-state index contributed by atoms with van der Waals surface area (Å²) >= 11 is 7.03. The molecule has 0 aliphatic carbocycles. The SMILES string of the molecule is CCOC(=O)C(N=Nc1ccc(Cl)cc1)c1csc(N)n1. The summed E-state index contributed by atoms with van der Waals surface area (Å²) < 4.78 is 4.99. The summed E-state index contributed by atoms with van der Waals surface area (Å²) in [6, 6.07) is 5.85. The maximum atomic E-state index is 12.0. The minimum atomic E-state index is -0.922. The lowest BCUT2D eigenvalue weighted by molar-refractivity contribution is -0.144. The summed E-state index contributed by atoms with van der Waals surface area (Å²) in [6.45, 7) is 1.98. The molecular weight excluding hydrogens is 312 g/mol. The van der Waals surface area contributed by atoms with E-state index in [4.69, 9.17) is 22.1 Å². The van der Waals surface area contributed by atoms with Crippen LogP contribution in [0.25, 0.3) is 0 Å². The smallest absolute Gasteiger partial charge is 0.339 e. The molecule has 21 heavy (non-hydrogen) atoms. The van der Waals surface area contributed by atoms with E-state index in [2.05, 4.69) is 15.2 Å². The number of carbonyl (C=O) groups is 1. The van der Waals surface area contributed by atoms with Crippen LogP contribution >= 0.6 is 22.9 Å². The Balaban J connectivity index is 2.23. The molecule has 0 bridgehead atoms. The van der Waals surface area contributed by atoms with Crippen LogP contribution in [0.2, 0.25) is 5.02 Å². The molecule has 0 fully saturated rings. The molecule has 110 valence electrons. The van der Waals surface area contributed by atoms with Crippen molar-refractivity contribution in [3.05, 3.63) is 40.4 Å². The molecule has 6 nitrogen and oxygen atoms in total. The van der Waals surface area contributed by atoms with Crippen LogP contribution in [-0.4, -0.2) is 17.6 Å². The van der Waals surface area contributed by atoms with Crippen molar-refractivity contribution >= 4 is 39.7 Å². The number of nitrogen functional groups attached to an aromatic ring is 1. The first kappa shape index (κ1) is 15.4. The van der Waals surface area contributed by atoms with Gasteiger partial charge in [0, 0.05) is 10.4 Å². The number of nitrogens with two attached hydrogens (primary N) is 1. The molecule has 8 heteroatoms. The molecule has 1 atom stereocenters. The van der Waals surface area contributed by atoms with Gasteiger partial charge in [-0.1, -0.05) is 11.6 Å². The first-order valence-corrected chi connectivity index (χ1v) is 7.40. The molecule has 2 N–H and O–H groups in total. The van der Waals surface area contributed by atoms with Gasteiger partial charge in [-0.15, -0.1) is 11.3 Å². The summed E-state index contributed by atoms with van der Waals surface area (Å²) in [5, 5.41) is 10.7. The zero-order valence-electron chi connectivity index (χ0n) is 11.2. The molecular formula is C13H13ClN4O2S. The van der Waals surface area contributed by atoms with Gasteiger partial charge in [-0.2, -0.15) is 10.2 Å². The number of aromatic nitrogens is 1. The van der Waals surface area contributed by atoms with E-state index >= 15 is 0 Å². The van der Waals surface area contributed by atoms with Crippen LogP contribution in [0.5, 0.6) is 0 Å². The van der Waals surface area contributed by atoms with Gasteiger partial charge in [-0.05, 0) is 31.2 Å². The second-order valence-corrected chi connectivity index (χ2v) is 5.28. The van der Waals surface area contributed by atoms with Gasteiger partial charge in [0.15, 0.2) is 5.13 Å². The molecule has 1 aromatic carbocycles. The molecule has 2 rings (SSSR count). The van der Waals surface area contributed by atoms with Crippen molar-refractivity contribution in [1.82, 2.24) is 4.98 Å². The quantitative estimate of drug-likeness (QED) is 0.669. The van der Waals surface area contributed by atoms with Gasteiger partial charge < -0.3 is 10.5 Å². The lowest BCUT2D eigenvalue weighted by atomic mass is 10.2. The molecule has 1 heterocycles. The first-order valence-electron chi connectivity index (χ1n) is 6.14. The standard InChI is InChI=1S/C13H13ClN4O2S/c1-2-20-12(19)11(10-7-21-13(15)16-10)18-17-9-5-3-8(14)4-6-9/h3-7,11H,2H2,1H3,(H2,15,16). The topological polar surface area (TPSA) is 89.9 Å². The van der Waals surface area contributed by atoms with E-state index in [-0.39, 0.29) is 6.61 Å². The molecule has 0 radical (unpaired) electrons.